The van der Waals surface area contributed by atoms with Crippen LogP contribution in [-0.2, 0) is 9.53 Å². The monoisotopic (exact) mass is 444 g/mol. The standard InChI is InChI=1S/C21H24N4O5S/c1-22-19(26)8-13-4-5-16-18(30-13)9-29-17-6-3-12(7-14(17)21(28)25(16)2)24-20(27)15-10-31-11-23-15/h3,6-7,10-11,13,16,18H,4-5,8-9H2,1-2H3,(H,22,26)(H,24,27)/t13-,16+,18-/m0/s1. The van der Waals surface area contributed by atoms with Gasteiger partial charge in [-0.25, -0.2) is 4.98 Å². The third-order valence-electron chi connectivity index (χ3n) is 5.63. The number of fused-ring (bicyclic) bond motifs is 2. The molecule has 3 amide bonds. The predicted octanol–water partition coefficient (Wildman–Crippen LogP) is 1.91. The number of nitrogens with one attached hydrogen (secondary N) is 2. The normalized spacial score (nSPS) is 23.0. The lowest BCUT2D eigenvalue weighted by Gasteiger charge is -2.42. The van der Waals surface area contributed by atoms with Crippen LogP contribution in [0.4, 0.5) is 5.69 Å². The molecule has 31 heavy (non-hydrogen) atoms. The summed E-state index contributed by atoms with van der Waals surface area (Å²) in [7, 11) is 3.35. The molecule has 10 heteroatoms. The second kappa shape index (κ2) is 9.03. The number of rotatable bonds is 4. The minimum absolute atomic E-state index is 0.0720. The van der Waals surface area contributed by atoms with E-state index in [-0.39, 0.29) is 49.0 Å². The Bertz CT molecular complexity index is 980. The molecule has 0 radical (unpaired) electrons. The van der Waals surface area contributed by atoms with Gasteiger partial charge >= 0.3 is 0 Å². The number of carbonyl (C=O) groups excluding carboxylic acids is 3. The van der Waals surface area contributed by atoms with Crippen molar-refractivity contribution in [2.45, 2.75) is 37.5 Å². The molecule has 0 bridgehead atoms. The Morgan fingerprint density at radius 2 is 2.16 bits per heavy atom. The fourth-order valence-corrected chi connectivity index (χ4v) is 4.47. The Balaban J connectivity index is 1.52. The minimum atomic E-state index is -0.336. The molecule has 1 aromatic heterocycles. The molecule has 0 saturated carbocycles. The van der Waals surface area contributed by atoms with Crippen LogP contribution in [0.25, 0.3) is 0 Å². The summed E-state index contributed by atoms with van der Waals surface area (Å²) in [5, 5.41) is 7.04. The van der Waals surface area contributed by atoms with Gasteiger partial charge < -0.3 is 25.0 Å². The highest BCUT2D eigenvalue weighted by Crippen LogP contribution is 2.32. The first-order valence-corrected chi connectivity index (χ1v) is 11.0. The van der Waals surface area contributed by atoms with E-state index in [0.29, 0.717) is 35.5 Å². The Morgan fingerprint density at radius 3 is 2.90 bits per heavy atom. The van der Waals surface area contributed by atoms with E-state index in [2.05, 4.69) is 15.6 Å². The molecule has 2 N–H and O–H groups in total. The number of likely N-dealkylation sites (N-methyl/N-ethyl adjacent to an activating group) is 1. The topological polar surface area (TPSA) is 110 Å². The summed E-state index contributed by atoms with van der Waals surface area (Å²) in [6.45, 7) is 0.268. The third kappa shape index (κ3) is 4.54. The maximum absolute atomic E-state index is 13.2. The van der Waals surface area contributed by atoms with Crippen molar-refractivity contribution < 1.29 is 23.9 Å². The van der Waals surface area contributed by atoms with Crippen molar-refractivity contribution >= 4 is 34.7 Å². The number of hydrogen-bond donors (Lipinski definition) is 2. The quantitative estimate of drug-likeness (QED) is 0.746. The number of nitrogens with zero attached hydrogens (tertiary/aromatic N) is 2. The molecule has 3 heterocycles. The fraction of sp³-hybridized carbons (Fsp3) is 0.429. The van der Waals surface area contributed by atoms with E-state index < -0.39 is 0 Å². The first-order valence-electron chi connectivity index (χ1n) is 10.1. The van der Waals surface area contributed by atoms with E-state index in [1.165, 1.54) is 11.3 Å². The molecule has 2 aliphatic heterocycles. The number of amides is 3. The number of thiazole rings is 1. The molecule has 1 aromatic carbocycles. The Hall–Kier alpha value is -2.98. The van der Waals surface area contributed by atoms with E-state index >= 15 is 0 Å². The van der Waals surface area contributed by atoms with Gasteiger partial charge in [0.15, 0.2) is 0 Å². The van der Waals surface area contributed by atoms with E-state index in [0.717, 1.165) is 0 Å². The fourth-order valence-electron chi connectivity index (χ4n) is 3.93. The molecule has 2 aliphatic rings. The number of ether oxygens (including phenoxy) is 2. The van der Waals surface area contributed by atoms with Gasteiger partial charge in [-0.1, -0.05) is 0 Å². The molecule has 0 aliphatic carbocycles. The minimum Gasteiger partial charge on any atom is -0.490 e. The van der Waals surface area contributed by atoms with Crippen molar-refractivity contribution in [3.63, 3.8) is 0 Å². The van der Waals surface area contributed by atoms with Gasteiger partial charge in [-0.3, -0.25) is 14.4 Å². The van der Waals surface area contributed by atoms with Crippen LogP contribution in [0, 0.1) is 0 Å². The highest BCUT2D eigenvalue weighted by Gasteiger charge is 2.39. The van der Waals surface area contributed by atoms with Gasteiger partial charge in [-0.05, 0) is 31.0 Å². The summed E-state index contributed by atoms with van der Waals surface area (Å²) in [6, 6.07) is 4.82. The number of hydrogen-bond acceptors (Lipinski definition) is 7. The first-order chi connectivity index (χ1) is 15.0. The lowest BCUT2D eigenvalue weighted by molar-refractivity contribution is -0.133. The predicted molar refractivity (Wildman–Crippen MR) is 114 cm³/mol. The van der Waals surface area contributed by atoms with Gasteiger partial charge in [0.1, 0.15) is 24.2 Å². The third-order valence-corrected chi connectivity index (χ3v) is 6.21. The average Bonchev–Trinajstić information content (AvgIpc) is 3.32. The maximum atomic E-state index is 13.2. The average molecular weight is 445 g/mol. The first kappa shape index (κ1) is 21.3. The zero-order chi connectivity index (χ0) is 22.0. The van der Waals surface area contributed by atoms with Crippen molar-refractivity contribution in [3.05, 3.63) is 40.3 Å². The summed E-state index contributed by atoms with van der Waals surface area (Å²) in [5.74, 6) is -0.185. The van der Waals surface area contributed by atoms with Crippen molar-refractivity contribution in [3.8, 4) is 5.75 Å². The van der Waals surface area contributed by atoms with Crippen molar-refractivity contribution in [1.29, 1.82) is 0 Å². The summed E-state index contributed by atoms with van der Waals surface area (Å²) in [4.78, 5) is 42.9. The van der Waals surface area contributed by atoms with E-state index in [4.69, 9.17) is 9.47 Å². The summed E-state index contributed by atoms with van der Waals surface area (Å²) in [6.07, 6.45) is 1.16. The summed E-state index contributed by atoms with van der Waals surface area (Å²) >= 11 is 1.34. The van der Waals surface area contributed by atoms with Crippen LogP contribution in [0.1, 0.15) is 40.1 Å². The van der Waals surface area contributed by atoms with Crippen molar-refractivity contribution in [1.82, 2.24) is 15.2 Å². The van der Waals surface area contributed by atoms with Crippen LogP contribution in [0.5, 0.6) is 5.75 Å². The molecule has 1 fully saturated rings. The lowest BCUT2D eigenvalue weighted by atomic mass is 9.94. The number of anilines is 1. The SMILES string of the molecule is CNC(=O)C[C@@H]1CC[C@@H]2[C@H](COc3ccc(NC(=O)c4cscn4)cc3C(=O)N2C)O1. The maximum Gasteiger partial charge on any atom is 0.275 e. The van der Waals surface area contributed by atoms with Crippen LogP contribution < -0.4 is 15.4 Å². The summed E-state index contributed by atoms with van der Waals surface area (Å²) in [5.41, 5.74) is 2.78. The molecule has 4 rings (SSSR count). The molecule has 3 atom stereocenters. The largest absolute Gasteiger partial charge is 0.490 e. The van der Waals surface area contributed by atoms with Crippen LogP contribution in [0.15, 0.2) is 29.1 Å². The lowest BCUT2D eigenvalue weighted by Crippen LogP contribution is -2.53. The summed E-state index contributed by atoms with van der Waals surface area (Å²) < 4.78 is 12.0. The van der Waals surface area contributed by atoms with E-state index in [1.807, 2.05) is 0 Å². The molecule has 0 unspecified atom stereocenters. The van der Waals surface area contributed by atoms with Crippen molar-refractivity contribution in [2.75, 3.05) is 26.0 Å². The smallest absolute Gasteiger partial charge is 0.275 e. The second-order valence-corrected chi connectivity index (χ2v) is 8.30. The molecular formula is C21H24N4O5S. The van der Waals surface area contributed by atoms with Gasteiger partial charge in [-0.15, -0.1) is 11.3 Å². The Morgan fingerprint density at radius 1 is 1.32 bits per heavy atom. The Kier molecular flexibility index (Phi) is 6.19. The van der Waals surface area contributed by atoms with Gasteiger partial charge in [0.05, 0.1) is 29.6 Å². The second-order valence-electron chi connectivity index (χ2n) is 7.58. The van der Waals surface area contributed by atoms with Crippen LogP contribution in [0.2, 0.25) is 0 Å². The zero-order valence-corrected chi connectivity index (χ0v) is 18.1. The number of benzene rings is 1. The van der Waals surface area contributed by atoms with E-state index in [9.17, 15) is 14.4 Å². The molecule has 164 valence electrons. The van der Waals surface area contributed by atoms with Gasteiger partial charge in [-0.2, -0.15) is 0 Å². The number of carbonyl (C=O) groups is 3. The molecule has 2 aromatic rings. The van der Waals surface area contributed by atoms with Crippen LogP contribution in [-0.4, -0.2) is 66.6 Å². The molecule has 0 spiro atoms. The van der Waals surface area contributed by atoms with Crippen molar-refractivity contribution in [2.24, 2.45) is 0 Å². The molecular weight excluding hydrogens is 420 g/mol. The molecule has 1 saturated heterocycles. The highest BCUT2D eigenvalue weighted by atomic mass is 32.1. The Labute approximate surface area is 183 Å². The number of aromatic nitrogens is 1. The molecule has 9 nitrogen and oxygen atoms in total. The van der Waals surface area contributed by atoms with Gasteiger partial charge in [0.2, 0.25) is 5.91 Å². The van der Waals surface area contributed by atoms with E-state index in [1.54, 1.807) is 48.1 Å². The van der Waals surface area contributed by atoms with Crippen LogP contribution in [0.3, 0.4) is 0 Å². The highest BCUT2D eigenvalue weighted by molar-refractivity contribution is 7.07. The zero-order valence-electron chi connectivity index (χ0n) is 17.3. The van der Waals surface area contributed by atoms with Gasteiger partial charge in [0, 0.05) is 25.2 Å². The van der Waals surface area contributed by atoms with Gasteiger partial charge in [0.25, 0.3) is 11.8 Å². The van der Waals surface area contributed by atoms with Crippen LogP contribution >= 0.6 is 11.3 Å².